The van der Waals surface area contributed by atoms with Gasteiger partial charge in [0.25, 0.3) is 0 Å². The Balaban J connectivity index is 1.89. The smallest absolute Gasteiger partial charge is 0.231 e. The summed E-state index contributed by atoms with van der Waals surface area (Å²) in [5, 5.41) is 0. The third-order valence-corrected chi connectivity index (χ3v) is 3.20. The lowest BCUT2D eigenvalue weighted by Crippen LogP contribution is -2.04. The van der Waals surface area contributed by atoms with Gasteiger partial charge in [-0.15, -0.1) is 0 Å². The SMILES string of the molecule is CC(Oc1cc2c(cc1C=O)OCO2)c1ccccc1. The van der Waals surface area contributed by atoms with Crippen molar-refractivity contribution in [1.29, 1.82) is 0 Å². The highest BCUT2D eigenvalue weighted by molar-refractivity contribution is 5.81. The predicted molar refractivity (Wildman–Crippen MR) is 73.4 cm³/mol. The summed E-state index contributed by atoms with van der Waals surface area (Å²) in [6, 6.07) is 13.2. The number of fused-ring (bicyclic) bond motifs is 1. The summed E-state index contributed by atoms with van der Waals surface area (Å²) < 4.78 is 16.4. The molecule has 0 fully saturated rings. The first-order chi connectivity index (χ1) is 9.78. The zero-order valence-corrected chi connectivity index (χ0v) is 11.0. The fraction of sp³-hybridized carbons (Fsp3) is 0.188. The van der Waals surface area contributed by atoms with Crippen LogP contribution < -0.4 is 14.2 Å². The van der Waals surface area contributed by atoms with Gasteiger partial charge >= 0.3 is 0 Å². The van der Waals surface area contributed by atoms with Gasteiger partial charge in [0.1, 0.15) is 11.9 Å². The van der Waals surface area contributed by atoms with Crippen molar-refractivity contribution in [3.05, 3.63) is 53.6 Å². The molecular formula is C16H14O4. The molecule has 4 nitrogen and oxygen atoms in total. The van der Waals surface area contributed by atoms with Gasteiger partial charge in [0.05, 0.1) is 5.56 Å². The highest BCUT2D eigenvalue weighted by atomic mass is 16.7. The second-order valence-electron chi connectivity index (χ2n) is 4.53. The third-order valence-electron chi connectivity index (χ3n) is 3.20. The van der Waals surface area contributed by atoms with Gasteiger partial charge in [0.15, 0.2) is 17.8 Å². The molecule has 0 radical (unpaired) electrons. The van der Waals surface area contributed by atoms with E-state index in [0.717, 1.165) is 11.8 Å². The normalized spacial score (nSPS) is 13.8. The minimum Gasteiger partial charge on any atom is -0.485 e. The van der Waals surface area contributed by atoms with Crippen LogP contribution in [0.3, 0.4) is 0 Å². The molecule has 2 aromatic carbocycles. The Bertz CT molecular complexity index is 622. The summed E-state index contributed by atoms with van der Waals surface area (Å²) in [6.07, 6.45) is 0.602. The molecule has 0 bridgehead atoms. The van der Waals surface area contributed by atoms with E-state index in [1.165, 1.54) is 0 Å². The molecule has 20 heavy (non-hydrogen) atoms. The van der Waals surface area contributed by atoms with Gasteiger partial charge in [0, 0.05) is 6.07 Å². The van der Waals surface area contributed by atoms with E-state index in [2.05, 4.69) is 0 Å². The highest BCUT2D eigenvalue weighted by Gasteiger charge is 2.19. The summed E-state index contributed by atoms with van der Waals surface area (Å²) in [5.41, 5.74) is 1.50. The number of hydrogen-bond acceptors (Lipinski definition) is 4. The third kappa shape index (κ3) is 2.32. The largest absolute Gasteiger partial charge is 0.485 e. The molecule has 0 aliphatic carbocycles. The number of hydrogen-bond donors (Lipinski definition) is 0. The number of aldehydes is 1. The molecule has 2 aromatic rings. The highest BCUT2D eigenvalue weighted by Crippen LogP contribution is 2.38. The molecular weight excluding hydrogens is 256 g/mol. The predicted octanol–water partition coefficient (Wildman–Crippen LogP) is 3.37. The number of carbonyl (C=O) groups is 1. The van der Waals surface area contributed by atoms with Gasteiger partial charge in [-0.2, -0.15) is 0 Å². The molecule has 0 saturated heterocycles. The zero-order chi connectivity index (χ0) is 13.9. The molecule has 0 amide bonds. The van der Waals surface area contributed by atoms with Gasteiger partial charge in [-0.25, -0.2) is 0 Å². The Morgan fingerprint density at radius 3 is 2.55 bits per heavy atom. The summed E-state index contributed by atoms with van der Waals surface area (Å²) >= 11 is 0. The first-order valence-electron chi connectivity index (χ1n) is 6.38. The average molecular weight is 270 g/mol. The van der Waals surface area contributed by atoms with Crippen molar-refractivity contribution in [1.82, 2.24) is 0 Å². The first kappa shape index (κ1) is 12.5. The molecule has 0 aromatic heterocycles. The van der Waals surface area contributed by atoms with Crippen LogP contribution in [0.4, 0.5) is 0 Å². The van der Waals surface area contributed by atoms with Crippen molar-refractivity contribution in [3.8, 4) is 17.2 Å². The van der Waals surface area contributed by atoms with Gasteiger partial charge in [-0.3, -0.25) is 4.79 Å². The number of carbonyl (C=O) groups excluding carboxylic acids is 1. The van der Waals surface area contributed by atoms with E-state index in [4.69, 9.17) is 14.2 Å². The maximum absolute atomic E-state index is 11.2. The van der Waals surface area contributed by atoms with Crippen molar-refractivity contribution in [2.75, 3.05) is 6.79 Å². The second kappa shape index (κ2) is 5.25. The van der Waals surface area contributed by atoms with E-state index in [0.29, 0.717) is 22.8 Å². The Labute approximate surface area is 116 Å². The van der Waals surface area contributed by atoms with Gasteiger partial charge in [0.2, 0.25) is 6.79 Å². The van der Waals surface area contributed by atoms with E-state index in [9.17, 15) is 4.79 Å². The lowest BCUT2D eigenvalue weighted by atomic mass is 10.1. The van der Waals surface area contributed by atoms with E-state index < -0.39 is 0 Å². The van der Waals surface area contributed by atoms with Crippen molar-refractivity contribution in [2.45, 2.75) is 13.0 Å². The lowest BCUT2D eigenvalue weighted by molar-refractivity contribution is 0.111. The molecule has 1 aliphatic heterocycles. The molecule has 4 heteroatoms. The van der Waals surface area contributed by atoms with Crippen LogP contribution in [0, 0.1) is 0 Å². The molecule has 0 spiro atoms. The van der Waals surface area contributed by atoms with Gasteiger partial charge in [-0.05, 0) is 18.6 Å². The minimum atomic E-state index is -0.157. The molecule has 1 heterocycles. The minimum absolute atomic E-state index is 0.157. The maximum atomic E-state index is 11.2. The number of ether oxygens (including phenoxy) is 3. The van der Waals surface area contributed by atoms with Crippen LogP contribution in [-0.4, -0.2) is 13.1 Å². The van der Waals surface area contributed by atoms with Gasteiger partial charge in [-0.1, -0.05) is 30.3 Å². The molecule has 1 atom stereocenters. The Morgan fingerprint density at radius 1 is 1.15 bits per heavy atom. The summed E-state index contributed by atoms with van der Waals surface area (Å²) in [4.78, 5) is 11.2. The molecule has 1 unspecified atom stereocenters. The van der Waals surface area contributed by atoms with Crippen LogP contribution in [0.2, 0.25) is 0 Å². The Kier molecular flexibility index (Phi) is 3.29. The Morgan fingerprint density at radius 2 is 1.85 bits per heavy atom. The quantitative estimate of drug-likeness (QED) is 0.799. The van der Waals surface area contributed by atoms with Crippen LogP contribution in [0.15, 0.2) is 42.5 Å². The standard InChI is InChI=1S/C16H14O4/c1-11(12-5-3-2-4-6-12)20-14-8-16-15(18-10-19-16)7-13(14)9-17/h2-9,11H,10H2,1H3. The zero-order valence-electron chi connectivity index (χ0n) is 11.0. The van der Waals surface area contributed by atoms with Crippen LogP contribution >= 0.6 is 0 Å². The van der Waals surface area contributed by atoms with Crippen LogP contribution in [0.25, 0.3) is 0 Å². The maximum Gasteiger partial charge on any atom is 0.231 e. The first-order valence-corrected chi connectivity index (χ1v) is 6.38. The molecule has 0 N–H and O–H groups in total. The van der Waals surface area contributed by atoms with Crippen LogP contribution in [0.1, 0.15) is 28.9 Å². The second-order valence-corrected chi connectivity index (χ2v) is 4.53. The van der Waals surface area contributed by atoms with Crippen molar-refractivity contribution >= 4 is 6.29 Å². The number of benzene rings is 2. The molecule has 0 saturated carbocycles. The average Bonchev–Trinajstić information content (AvgIpc) is 2.94. The van der Waals surface area contributed by atoms with Crippen LogP contribution in [0.5, 0.6) is 17.2 Å². The monoisotopic (exact) mass is 270 g/mol. The summed E-state index contributed by atoms with van der Waals surface area (Å²) in [6.45, 7) is 2.11. The Hall–Kier alpha value is -2.49. The molecule has 1 aliphatic rings. The molecule has 3 rings (SSSR count). The van der Waals surface area contributed by atoms with Crippen molar-refractivity contribution < 1.29 is 19.0 Å². The topological polar surface area (TPSA) is 44.8 Å². The van der Waals surface area contributed by atoms with Crippen molar-refractivity contribution in [3.63, 3.8) is 0 Å². The van der Waals surface area contributed by atoms with E-state index >= 15 is 0 Å². The van der Waals surface area contributed by atoms with E-state index in [-0.39, 0.29) is 12.9 Å². The lowest BCUT2D eigenvalue weighted by Gasteiger charge is -2.16. The van der Waals surface area contributed by atoms with Crippen LogP contribution in [-0.2, 0) is 0 Å². The molecule has 102 valence electrons. The fourth-order valence-electron chi connectivity index (χ4n) is 2.12. The van der Waals surface area contributed by atoms with E-state index in [1.54, 1.807) is 12.1 Å². The summed E-state index contributed by atoms with van der Waals surface area (Å²) in [7, 11) is 0. The van der Waals surface area contributed by atoms with Gasteiger partial charge < -0.3 is 14.2 Å². The fourth-order valence-corrected chi connectivity index (χ4v) is 2.12. The van der Waals surface area contributed by atoms with E-state index in [1.807, 2.05) is 37.3 Å². The van der Waals surface area contributed by atoms with Crippen molar-refractivity contribution in [2.24, 2.45) is 0 Å². The summed E-state index contributed by atoms with van der Waals surface area (Å²) in [5.74, 6) is 1.68. The number of rotatable bonds is 4.